The smallest absolute Gasteiger partial charge is 0.252 e. The molecule has 0 atom stereocenters. The van der Waals surface area contributed by atoms with Gasteiger partial charge in [0.15, 0.2) is 0 Å². The molecule has 0 saturated carbocycles. The fourth-order valence-electron chi connectivity index (χ4n) is 1.79. The first-order chi connectivity index (χ1) is 8.09. The number of nitrogens with zero attached hydrogens (tertiary/aromatic N) is 1. The van der Waals surface area contributed by atoms with Crippen LogP contribution < -0.4 is 10.6 Å². The van der Waals surface area contributed by atoms with Gasteiger partial charge in [-0.1, -0.05) is 11.6 Å². The van der Waals surface area contributed by atoms with Crippen LogP contribution in [0.3, 0.4) is 0 Å². The minimum atomic E-state index is -0.696. The van der Waals surface area contributed by atoms with Gasteiger partial charge in [0, 0.05) is 19.2 Å². The summed E-state index contributed by atoms with van der Waals surface area (Å²) in [6.07, 6.45) is 0. The topological polar surface area (TPSA) is 75.8 Å². The van der Waals surface area contributed by atoms with Crippen molar-refractivity contribution in [1.29, 1.82) is 0 Å². The molecule has 1 amide bonds. The van der Waals surface area contributed by atoms with E-state index >= 15 is 0 Å². The summed E-state index contributed by atoms with van der Waals surface area (Å²) in [6, 6.07) is 2.86. The number of phenols is 1. The molecule has 1 saturated heterocycles. The molecule has 92 valence electrons. The fourth-order valence-corrected chi connectivity index (χ4v) is 2.08. The average molecular weight is 257 g/mol. The van der Waals surface area contributed by atoms with E-state index in [4.69, 9.17) is 22.1 Å². The van der Waals surface area contributed by atoms with Crippen molar-refractivity contribution in [2.24, 2.45) is 5.73 Å². The highest BCUT2D eigenvalue weighted by molar-refractivity contribution is 6.33. The SMILES string of the molecule is NC(=O)c1cc(Cl)c(N2CCOCC2)cc1O. The zero-order chi connectivity index (χ0) is 12.4. The number of morpholine rings is 1. The van der Waals surface area contributed by atoms with E-state index in [1.54, 1.807) is 0 Å². The van der Waals surface area contributed by atoms with E-state index < -0.39 is 5.91 Å². The van der Waals surface area contributed by atoms with E-state index in [-0.39, 0.29) is 11.3 Å². The number of rotatable bonds is 2. The van der Waals surface area contributed by atoms with Crippen molar-refractivity contribution in [3.63, 3.8) is 0 Å². The number of hydrogen-bond acceptors (Lipinski definition) is 4. The number of carbonyl (C=O) groups excluding carboxylic acids is 1. The lowest BCUT2D eigenvalue weighted by molar-refractivity contribution is 0.0997. The number of aromatic hydroxyl groups is 1. The van der Waals surface area contributed by atoms with Crippen LogP contribution in [0.2, 0.25) is 5.02 Å². The van der Waals surface area contributed by atoms with Gasteiger partial charge >= 0.3 is 0 Å². The largest absolute Gasteiger partial charge is 0.507 e. The lowest BCUT2D eigenvalue weighted by Crippen LogP contribution is -2.36. The monoisotopic (exact) mass is 256 g/mol. The molecule has 17 heavy (non-hydrogen) atoms. The van der Waals surface area contributed by atoms with Crippen LogP contribution >= 0.6 is 11.6 Å². The third-order valence-electron chi connectivity index (χ3n) is 2.68. The minimum Gasteiger partial charge on any atom is -0.507 e. The number of benzene rings is 1. The normalized spacial score (nSPS) is 15.9. The van der Waals surface area contributed by atoms with Crippen LogP contribution in [0.15, 0.2) is 12.1 Å². The van der Waals surface area contributed by atoms with Gasteiger partial charge in [-0.2, -0.15) is 0 Å². The first-order valence-electron chi connectivity index (χ1n) is 5.24. The van der Waals surface area contributed by atoms with Gasteiger partial charge in [0.2, 0.25) is 0 Å². The predicted molar refractivity (Wildman–Crippen MR) is 64.7 cm³/mol. The van der Waals surface area contributed by atoms with Crippen LogP contribution in [0.4, 0.5) is 5.69 Å². The molecule has 1 aliphatic heterocycles. The third-order valence-corrected chi connectivity index (χ3v) is 2.99. The van der Waals surface area contributed by atoms with E-state index in [1.807, 2.05) is 4.90 Å². The molecule has 0 aromatic heterocycles. The van der Waals surface area contributed by atoms with Crippen LogP contribution in [-0.4, -0.2) is 37.3 Å². The molecular weight excluding hydrogens is 244 g/mol. The summed E-state index contributed by atoms with van der Waals surface area (Å²) >= 11 is 6.08. The number of halogens is 1. The quantitative estimate of drug-likeness (QED) is 0.827. The second-order valence-corrected chi connectivity index (χ2v) is 4.19. The van der Waals surface area contributed by atoms with Crippen molar-refractivity contribution in [2.45, 2.75) is 0 Å². The summed E-state index contributed by atoms with van der Waals surface area (Å²) in [7, 11) is 0. The van der Waals surface area contributed by atoms with Crippen LogP contribution in [0.1, 0.15) is 10.4 Å². The second kappa shape index (κ2) is 4.81. The lowest BCUT2D eigenvalue weighted by atomic mass is 10.1. The number of carbonyl (C=O) groups is 1. The Balaban J connectivity index is 2.35. The number of anilines is 1. The standard InChI is InChI=1S/C11H13ClN2O3/c12-8-5-7(11(13)16)10(15)6-9(8)14-1-3-17-4-2-14/h5-6,15H,1-4H2,(H2,13,16). The predicted octanol–water partition coefficient (Wildman–Crippen LogP) is 0.981. The number of amides is 1. The van der Waals surface area contributed by atoms with Gasteiger partial charge in [0.05, 0.1) is 29.5 Å². The molecule has 5 nitrogen and oxygen atoms in total. The summed E-state index contributed by atoms with van der Waals surface area (Å²) in [4.78, 5) is 13.0. The Hall–Kier alpha value is -1.46. The van der Waals surface area contributed by atoms with Crippen LogP contribution in [0.25, 0.3) is 0 Å². The Bertz CT molecular complexity index is 445. The molecule has 1 aliphatic rings. The van der Waals surface area contributed by atoms with Gasteiger partial charge in [-0.05, 0) is 6.07 Å². The van der Waals surface area contributed by atoms with E-state index in [0.717, 1.165) is 0 Å². The third kappa shape index (κ3) is 2.45. The molecule has 6 heteroatoms. The maximum absolute atomic E-state index is 11.0. The number of hydrogen-bond donors (Lipinski definition) is 2. The fraction of sp³-hybridized carbons (Fsp3) is 0.364. The van der Waals surface area contributed by atoms with Crippen molar-refractivity contribution >= 4 is 23.2 Å². The Labute approximate surface area is 104 Å². The highest BCUT2D eigenvalue weighted by atomic mass is 35.5. The highest BCUT2D eigenvalue weighted by Gasteiger charge is 2.18. The molecule has 1 heterocycles. The summed E-state index contributed by atoms with van der Waals surface area (Å²) in [6.45, 7) is 2.65. The van der Waals surface area contributed by atoms with Crippen molar-refractivity contribution in [2.75, 3.05) is 31.2 Å². The molecule has 0 spiro atoms. The Kier molecular flexibility index (Phi) is 3.40. The van der Waals surface area contributed by atoms with E-state index in [9.17, 15) is 9.90 Å². The lowest BCUT2D eigenvalue weighted by Gasteiger charge is -2.29. The minimum absolute atomic E-state index is 0.0343. The molecule has 1 aromatic rings. The first kappa shape index (κ1) is 12.0. The van der Waals surface area contributed by atoms with E-state index in [1.165, 1.54) is 12.1 Å². The van der Waals surface area contributed by atoms with Gasteiger partial charge in [0.25, 0.3) is 5.91 Å². The Morgan fingerprint density at radius 2 is 2.06 bits per heavy atom. The number of primary amides is 1. The molecule has 0 unspecified atom stereocenters. The van der Waals surface area contributed by atoms with E-state index in [2.05, 4.69) is 0 Å². The summed E-state index contributed by atoms with van der Waals surface area (Å²) in [5.74, 6) is -0.846. The maximum atomic E-state index is 11.0. The first-order valence-corrected chi connectivity index (χ1v) is 5.62. The Morgan fingerprint density at radius 1 is 1.41 bits per heavy atom. The van der Waals surface area contributed by atoms with Gasteiger partial charge in [-0.15, -0.1) is 0 Å². The molecule has 1 aromatic carbocycles. The molecule has 2 rings (SSSR count). The van der Waals surface area contributed by atoms with E-state index in [0.29, 0.717) is 37.0 Å². The summed E-state index contributed by atoms with van der Waals surface area (Å²) in [5, 5.41) is 10.1. The van der Waals surface area contributed by atoms with Gasteiger partial charge in [-0.25, -0.2) is 0 Å². The molecule has 0 bridgehead atoms. The van der Waals surface area contributed by atoms with Gasteiger partial charge in [0.1, 0.15) is 5.75 Å². The average Bonchev–Trinajstić information content (AvgIpc) is 2.32. The van der Waals surface area contributed by atoms with Crippen molar-refractivity contribution in [3.8, 4) is 5.75 Å². The molecular formula is C11H13ClN2O3. The zero-order valence-electron chi connectivity index (χ0n) is 9.15. The van der Waals surface area contributed by atoms with Crippen LogP contribution in [0, 0.1) is 0 Å². The van der Waals surface area contributed by atoms with Crippen molar-refractivity contribution in [3.05, 3.63) is 22.7 Å². The van der Waals surface area contributed by atoms with Gasteiger partial charge in [-0.3, -0.25) is 4.79 Å². The zero-order valence-corrected chi connectivity index (χ0v) is 9.91. The molecule has 3 N–H and O–H groups in total. The maximum Gasteiger partial charge on any atom is 0.252 e. The van der Waals surface area contributed by atoms with Crippen molar-refractivity contribution < 1.29 is 14.6 Å². The summed E-state index contributed by atoms with van der Waals surface area (Å²) < 4.78 is 5.23. The molecule has 0 radical (unpaired) electrons. The number of ether oxygens (including phenoxy) is 1. The van der Waals surface area contributed by atoms with Crippen LogP contribution in [0.5, 0.6) is 5.75 Å². The molecule has 1 fully saturated rings. The highest BCUT2D eigenvalue weighted by Crippen LogP contribution is 2.33. The van der Waals surface area contributed by atoms with Crippen LogP contribution in [-0.2, 0) is 4.74 Å². The number of nitrogens with two attached hydrogens (primary N) is 1. The van der Waals surface area contributed by atoms with Crippen molar-refractivity contribution in [1.82, 2.24) is 0 Å². The second-order valence-electron chi connectivity index (χ2n) is 3.78. The molecule has 0 aliphatic carbocycles. The Morgan fingerprint density at radius 3 is 2.65 bits per heavy atom. The van der Waals surface area contributed by atoms with Gasteiger partial charge < -0.3 is 20.5 Å². The summed E-state index contributed by atoms with van der Waals surface area (Å²) in [5.41, 5.74) is 5.85.